The number of anilines is 1. The summed E-state index contributed by atoms with van der Waals surface area (Å²) in [5.41, 5.74) is 7.07. The lowest BCUT2D eigenvalue weighted by atomic mass is 10.0. The minimum Gasteiger partial charge on any atom is -0.348 e. The number of aromatic nitrogens is 1. The molecule has 0 fully saturated rings. The minimum absolute atomic E-state index is 0.512. The second kappa shape index (κ2) is 7.74. The van der Waals surface area contributed by atoms with Gasteiger partial charge in [-0.2, -0.15) is 0 Å². The maximum atomic E-state index is 5.85. The van der Waals surface area contributed by atoms with Gasteiger partial charge in [0.05, 0.1) is 5.69 Å². The summed E-state index contributed by atoms with van der Waals surface area (Å²) in [4.78, 5) is 8.47. The van der Waals surface area contributed by atoms with Crippen LogP contribution in [0.2, 0.25) is 0 Å². The Morgan fingerprint density at radius 2 is 2.06 bits per heavy atom. The van der Waals surface area contributed by atoms with Gasteiger partial charge in [0.25, 0.3) is 0 Å². The number of rotatable bonds is 8. The molecule has 0 saturated heterocycles. The molecule has 1 unspecified atom stereocenters. The average Bonchev–Trinajstić information content (AvgIpc) is 2.83. The molecule has 0 aliphatic rings. The molecule has 4 heteroatoms. The van der Waals surface area contributed by atoms with Crippen molar-refractivity contribution in [3.8, 4) is 0 Å². The first kappa shape index (κ1) is 15.4. The van der Waals surface area contributed by atoms with Crippen LogP contribution in [0.3, 0.4) is 0 Å². The summed E-state index contributed by atoms with van der Waals surface area (Å²) in [6, 6.07) is 0. The summed E-state index contributed by atoms with van der Waals surface area (Å²) in [6.45, 7) is 11.6. The second-order valence-corrected chi connectivity index (χ2v) is 5.81. The summed E-state index contributed by atoms with van der Waals surface area (Å²) in [7, 11) is 0. The predicted molar refractivity (Wildman–Crippen MR) is 81.5 cm³/mol. The number of hydrogen-bond acceptors (Lipinski definition) is 4. The molecule has 0 aromatic carbocycles. The molecule has 1 atom stereocenters. The van der Waals surface area contributed by atoms with Crippen molar-refractivity contribution in [3.63, 3.8) is 0 Å². The fourth-order valence-corrected chi connectivity index (χ4v) is 3.10. The first-order chi connectivity index (χ1) is 8.67. The van der Waals surface area contributed by atoms with Gasteiger partial charge in [-0.3, -0.25) is 0 Å². The van der Waals surface area contributed by atoms with Crippen LogP contribution in [-0.4, -0.2) is 18.1 Å². The smallest absolute Gasteiger partial charge is 0.185 e. The molecule has 0 aliphatic heterocycles. The second-order valence-electron chi connectivity index (χ2n) is 4.75. The lowest BCUT2D eigenvalue weighted by Gasteiger charge is -2.19. The molecule has 2 N–H and O–H groups in total. The molecular weight excluding hydrogens is 242 g/mol. The largest absolute Gasteiger partial charge is 0.348 e. The van der Waals surface area contributed by atoms with Crippen molar-refractivity contribution < 1.29 is 0 Å². The number of thiazole rings is 1. The highest BCUT2D eigenvalue weighted by Crippen LogP contribution is 2.31. The molecule has 1 aromatic rings. The van der Waals surface area contributed by atoms with Crippen LogP contribution in [0.5, 0.6) is 0 Å². The topological polar surface area (TPSA) is 42.2 Å². The zero-order valence-electron chi connectivity index (χ0n) is 12.2. The highest BCUT2D eigenvalue weighted by atomic mass is 32.1. The van der Waals surface area contributed by atoms with E-state index in [1.165, 1.54) is 23.4 Å². The molecule has 1 aromatic heterocycles. The molecule has 1 rings (SSSR count). The molecule has 18 heavy (non-hydrogen) atoms. The maximum absolute atomic E-state index is 5.85. The summed E-state index contributed by atoms with van der Waals surface area (Å²) in [5, 5.41) is 1.15. The van der Waals surface area contributed by atoms with Crippen LogP contribution in [-0.2, 0) is 6.54 Å². The summed E-state index contributed by atoms with van der Waals surface area (Å²) in [6.07, 6.45) is 3.57. The first-order valence-electron chi connectivity index (χ1n) is 7.12. The van der Waals surface area contributed by atoms with Gasteiger partial charge in [-0.1, -0.05) is 27.2 Å². The highest BCUT2D eigenvalue weighted by molar-refractivity contribution is 7.15. The van der Waals surface area contributed by atoms with Crippen LogP contribution >= 0.6 is 11.3 Å². The van der Waals surface area contributed by atoms with Gasteiger partial charge in [0.2, 0.25) is 0 Å². The third-order valence-corrected chi connectivity index (χ3v) is 4.57. The Morgan fingerprint density at radius 3 is 2.56 bits per heavy atom. The van der Waals surface area contributed by atoms with Crippen molar-refractivity contribution in [2.45, 2.75) is 59.4 Å². The molecule has 0 bridgehead atoms. The maximum Gasteiger partial charge on any atom is 0.185 e. The van der Waals surface area contributed by atoms with Crippen LogP contribution in [0.4, 0.5) is 5.13 Å². The Kier molecular flexibility index (Phi) is 6.65. The number of unbranched alkanes of at least 4 members (excludes halogenated alkanes) is 1. The SMILES string of the molecule is CCCCN(CC)c1nc(C(C)CC)c(CN)s1. The third-order valence-electron chi connectivity index (χ3n) is 3.41. The van der Waals surface area contributed by atoms with E-state index in [9.17, 15) is 0 Å². The Bertz CT molecular complexity index is 349. The van der Waals surface area contributed by atoms with Crippen molar-refractivity contribution in [1.82, 2.24) is 4.98 Å². The van der Waals surface area contributed by atoms with Gasteiger partial charge in [0.1, 0.15) is 0 Å². The van der Waals surface area contributed by atoms with Gasteiger partial charge in [0.15, 0.2) is 5.13 Å². The monoisotopic (exact) mass is 269 g/mol. The van der Waals surface area contributed by atoms with Gasteiger partial charge >= 0.3 is 0 Å². The van der Waals surface area contributed by atoms with Crippen LogP contribution < -0.4 is 10.6 Å². The molecule has 3 nitrogen and oxygen atoms in total. The Morgan fingerprint density at radius 1 is 1.33 bits per heavy atom. The van der Waals surface area contributed by atoms with Crippen molar-refractivity contribution in [2.24, 2.45) is 5.73 Å². The van der Waals surface area contributed by atoms with E-state index < -0.39 is 0 Å². The van der Waals surface area contributed by atoms with Gasteiger partial charge in [-0.25, -0.2) is 4.98 Å². The summed E-state index contributed by atoms with van der Waals surface area (Å²) >= 11 is 1.78. The van der Waals surface area contributed by atoms with E-state index in [1.54, 1.807) is 11.3 Å². The lowest BCUT2D eigenvalue weighted by Crippen LogP contribution is -2.23. The van der Waals surface area contributed by atoms with E-state index in [4.69, 9.17) is 10.7 Å². The van der Waals surface area contributed by atoms with Crippen molar-refractivity contribution in [1.29, 1.82) is 0 Å². The van der Waals surface area contributed by atoms with E-state index >= 15 is 0 Å². The van der Waals surface area contributed by atoms with Crippen LogP contribution in [0.15, 0.2) is 0 Å². The van der Waals surface area contributed by atoms with Crippen molar-refractivity contribution in [3.05, 3.63) is 10.6 Å². The van der Waals surface area contributed by atoms with Crippen LogP contribution in [0.1, 0.15) is 63.4 Å². The van der Waals surface area contributed by atoms with Gasteiger partial charge in [-0.05, 0) is 25.7 Å². The summed E-state index contributed by atoms with van der Waals surface area (Å²) < 4.78 is 0. The molecule has 0 saturated carbocycles. The van der Waals surface area contributed by atoms with Crippen LogP contribution in [0, 0.1) is 0 Å². The van der Waals surface area contributed by atoms with Gasteiger partial charge in [-0.15, -0.1) is 11.3 Å². The number of hydrogen-bond donors (Lipinski definition) is 1. The Hall–Kier alpha value is -0.610. The fraction of sp³-hybridized carbons (Fsp3) is 0.786. The standard InChI is InChI=1S/C14H27N3S/c1-5-8-9-17(7-3)14-16-13(11(4)6-2)12(10-15)18-14/h11H,5-10,15H2,1-4H3. The van der Waals surface area contributed by atoms with Gasteiger partial charge in [0, 0.05) is 24.5 Å². The average molecular weight is 269 g/mol. The van der Waals surface area contributed by atoms with Crippen molar-refractivity contribution in [2.75, 3.05) is 18.0 Å². The molecular formula is C14H27N3S. The molecule has 0 amide bonds. The Labute approximate surface area is 115 Å². The molecule has 0 spiro atoms. The Balaban J connectivity index is 2.91. The fourth-order valence-electron chi connectivity index (χ4n) is 1.95. The van der Waals surface area contributed by atoms with E-state index in [-0.39, 0.29) is 0 Å². The van der Waals surface area contributed by atoms with Crippen molar-refractivity contribution >= 4 is 16.5 Å². The van der Waals surface area contributed by atoms with Gasteiger partial charge < -0.3 is 10.6 Å². The van der Waals surface area contributed by atoms with E-state index in [1.807, 2.05) is 0 Å². The highest BCUT2D eigenvalue weighted by Gasteiger charge is 2.17. The number of nitrogens with two attached hydrogens (primary N) is 1. The zero-order valence-corrected chi connectivity index (χ0v) is 13.0. The first-order valence-corrected chi connectivity index (χ1v) is 7.94. The third kappa shape index (κ3) is 3.69. The lowest BCUT2D eigenvalue weighted by molar-refractivity contribution is 0.694. The molecule has 0 radical (unpaired) electrons. The zero-order chi connectivity index (χ0) is 13.5. The number of nitrogens with zero attached hydrogens (tertiary/aromatic N) is 2. The van der Waals surface area contributed by atoms with E-state index in [0.29, 0.717) is 12.5 Å². The predicted octanol–water partition coefficient (Wildman–Crippen LogP) is 3.74. The van der Waals surface area contributed by atoms with E-state index in [0.717, 1.165) is 24.6 Å². The summed E-state index contributed by atoms with van der Waals surface area (Å²) in [5.74, 6) is 0.512. The normalized spacial score (nSPS) is 12.7. The van der Waals surface area contributed by atoms with Crippen LogP contribution in [0.25, 0.3) is 0 Å². The minimum atomic E-state index is 0.512. The molecule has 0 aliphatic carbocycles. The molecule has 104 valence electrons. The quantitative estimate of drug-likeness (QED) is 0.781. The molecule has 1 heterocycles. The van der Waals surface area contributed by atoms with E-state index in [2.05, 4.69) is 32.6 Å².